The van der Waals surface area contributed by atoms with Crippen LogP contribution in [0.2, 0.25) is 0 Å². The minimum absolute atomic E-state index is 0.0603. The summed E-state index contributed by atoms with van der Waals surface area (Å²) in [4.78, 5) is 18.4. The van der Waals surface area contributed by atoms with Crippen LogP contribution in [0.5, 0.6) is 0 Å². The van der Waals surface area contributed by atoms with E-state index in [0.29, 0.717) is 26.2 Å². The lowest BCUT2D eigenvalue weighted by molar-refractivity contribution is -0.120. The molecule has 31 heavy (non-hydrogen) atoms. The summed E-state index contributed by atoms with van der Waals surface area (Å²) in [6.07, 6.45) is 1.96. The van der Waals surface area contributed by atoms with Gasteiger partial charge in [0.15, 0.2) is 5.96 Å². The molecule has 2 aliphatic rings. The highest BCUT2D eigenvalue weighted by Crippen LogP contribution is 2.48. The summed E-state index contributed by atoms with van der Waals surface area (Å²) in [5.41, 5.74) is 2.80. The lowest BCUT2D eigenvalue weighted by atomic mass is 9.95. The lowest BCUT2D eigenvalue weighted by Crippen LogP contribution is -2.47. The highest BCUT2D eigenvalue weighted by molar-refractivity contribution is 5.82. The number of aliphatic imine (C=N–C) groups is 1. The van der Waals surface area contributed by atoms with Gasteiger partial charge in [0.1, 0.15) is 5.82 Å². The number of hydrogen-bond acceptors (Lipinski definition) is 3. The van der Waals surface area contributed by atoms with Crippen molar-refractivity contribution in [1.82, 2.24) is 16.0 Å². The molecular formula is C24H30FN5O. The summed E-state index contributed by atoms with van der Waals surface area (Å²) < 4.78 is 14.3. The van der Waals surface area contributed by atoms with Gasteiger partial charge in [0.2, 0.25) is 5.91 Å². The summed E-state index contributed by atoms with van der Waals surface area (Å²) in [5.74, 6) is 0.669. The normalized spacial score (nSPS) is 17.8. The Bertz CT molecular complexity index is 939. The SMILES string of the molecule is CCNC(=NCc1ccc(N2CCNC(=O)C2)cc1)NCC1(c2ccccc2F)CC1. The first kappa shape index (κ1) is 21.2. The number of anilines is 1. The maximum absolute atomic E-state index is 14.3. The van der Waals surface area contributed by atoms with E-state index in [1.54, 1.807) is 6.07 Å². The van der Waals surface area contributed by atoms with Crippen LogP contribution in [0.1, 0.15) is 30.9 Å². The quantitative estimate of drug-likeness (QED) is 0.473. The molecule has 1 saturated carbocycles. The van der Waals surface area contributed by atoms with Crippen molar-refractivity contribution in [3.05, 3.63) is 65.5 Å². The van der Waals surface area contributed by atoms with Crippen LogP contribution in [-0.4, -0.2) is 44.6 Å². The van der Waals surface area contributed by atoms with E-state index in [2.05, 4.69) is 33.0 Å². The van der Waals surface area contributed by atoms with E-state index in [0.717, 1.165) is 48.7 Å². The summed E-state index contributed by atoms with van der Waals surface area (Å²) >= 11 is 0. The maximum atomic E-state index is 14.3. The van der Waals surface area contributed by atoms with E-state index in [1.807, 2.05) is 31.2 Å². The summed E-state index contributed by atoms with van der Waals surface area (Å²) in [7, 11) is 0. The lowest BCUT2D eigenvalue weighted by Gasteiger charge is -2.28. The Hall–Kier alpha value is -3.09. The molecule has 1 aliphatic heterocycles. The van der Waals surface area contributed by atoms with Crippen LogP contribution in [-0.2, 0) is 16.8 Å². The number of rotatable bonds is 7. The van der Waals surface area contributed by atoms with Gasteiger partial charge in [-0.3, -0.25) is 4.79 Å². The molecule has 4 rings (SSSR count). The van der Waals surface area contributed by atoms with Crippen LogP contribution in [0.25, 0.3) is 0 Å². The molecule has 3 N–H and O–H groups in total. The Morgan fingerprint density at radius 1 is 1.16 bits per heavy atom. The van der Waals surface area contributed by atoms with E-state index in [9.17, 15) is 9.18 Å². The van der Waals surface area contributed by atoms with Crippen LogP contribution >= 0.6 is 0 Å². The van der Waals surface area contributed by atoms with E-state index >= 15 is 0 Å². The molecule has 0 unspecified atom stereocenters. The molecule has 2 aromatic rings. The number of hydrogen-bond donors (Lipinski definition) is 3. The predicted octanol–water partition coefficient (Wildman–Crippen LogP) is 2.55. The fourth-order valence-electron chi connectivity index (χ4n) is 4.02. The van der Waals surface area contributed by atoms with Gasteiger partial charge in [0.25, 0.3) is 0 Å². The first-order valence-electron chi connectivity index (χ1n) is 11.0. The Labute approximate surface area is 182 Å². The molecule has 1 saturated heterocycles. The smallest absolute Gasteiger partial charge is 0.239 e. The molecular weight excluding hydrogens is 393 g/mol. The minimum Gasteiger partial charge on any atom is -0.360 e. The molecule has 6 nitrogen and oxygen atoms in total. The molecule has 0 aromatic heterocycles. The predicted molar refractivity (Wildman–Crippen MR) is 122 cm³/mol. The highest BCUT2D eigenvalue weighted by Gasteiger charge is 2.45. The average molecular weight is 424 g/mol. The van der Waals surface area contributed by atoms with Gasteiger partial charge in [-0.25, -0.2) is 9.38 Å². The zero-order chi connectivity index (χ0) is 21.7. The van der Waals surface area contributed by atoms with Gasteiger partial charge in [0, 0.05) is 37.3 Å². The van der Waals surface area contributed by atoms with Crippen molar-refractivity contribution in [1.29, 1.82) is 0 Å². The topological polar surface area (TPSA) is 68.8 Å². The van der Waals surface area contributed by atoms with Crippen LogP contribution in [0.15, 0.2) is 53.5 Å². The third kappa shape index (κ3) is 5.16. The van der Waals surface area contributed by atoms with Gasteiger partial charge in [-0.15, -0.1) is 0 Å². The van der Waals surface area contributed by atoms with Crippen molar-refractivity contribution in [2.45, 2.75) is 31.7 Å². The molecule has 1 heterocycles. The fourth-order valence-corrected chi connectivity index (χ4v) is 4.02. The number of benzene rings is 2. The molecule has 0 atom stereocenters. The second-order valence-corrected chi connectivity index (χ2v) is 8.25. The number of nitrogens with one attached hydrogen (secondary N) is 3. The first-order valence-corrected chi connectivity index (χ1v) is 11.0. The molecule has 1 amide bonds. The van der Waals surface area contributed by atoms with Crippen LogP contribution in [0.4, 0.5) is 10.1 Å². The van der Waals surface area contributed by atoms with Crippen molar-refractivity contribution >= 4 is 17.6 Å². The zero-order valence-electron chi connectivity index (χ0n) is 18.0. The number of guanidine groups is 1. The summed E-state index contributed by atoms with van der Waals surface area (Å²) in [6.45, 7) is 5.89. The highest BCUT2D eigenvalue weighted by atomic mass is 19.1. The van der Waals surface area contributed by atoms with Gasteiger partial charge < -0.3 is 20.9 Å². The zero-order valence-corrected chi connectivity index (χ0v) is 18.0. The van der Waals surface area contributed by atoms with Gasteiger partial charge in [-0.05, 0) is 49.1 Å². The standard InChI is InChI=1S/C24H30FN5O/c1-2-26-23(29-17-24(11-12-24)20-5-3-4-6-21(20)25)28-15-18-7-9-19(10-8-18)30-14-13-27-22(31)16-30/h3-10H,2,11-17H2,1H3,(H,27,31)(H2,26,28,29). The van der Waals surface area contributed by atoms with Gasteiger partial charge >= 0.3 is 0 Å². The number of amides is 1. The molecule has 7 heteroatoms. The largest absolute Gasteiger partial charge is 0.360 e. The van der Waals surface area contributed by atoms with Gasteiger partial charge in [-0.2, -0.15) is 0 Å². The van der Waals surface area contributed by atoms with Crippen molar-refractivity contribution in [3.63, 3.8) is 0 Å². The summed E-state index contributed by atoms with van der Waals surface area (Å²) in [5, 5.41) is 9.53. The molecule has 164 valence electrons. The Balaban J connectivity index is 1.37. The second kappa shape index (κ2) is 9.37. The summed E-state index contributed by atoms with van der Waals surface area (Å²) in [6, 6.07) is 15.3. The minimum atomic E-state index is -0.135. The van der Waals surface area contributed by atoms with Crippen molar-refractivity contribution in [2.24, 2.45) is 4.99 Å². The van der Waals surface area contributed by atoms with Crippen LogP contribution < -0.4 is 20.9 Å². The maximum Gasteiger partial charge on any atom is 0.239 e. The van der Waals surface area contributed by atoms with Crippen molar-refractivity contribution in [3.8, 4) is 0 Å². The van der Waals surface area contributed by atoms with Crippen LogP contribution in [0.3, 0.4) is 0 Å². The third-order valence-corrected chi connectivity index (χ3v) is 6.00. The average Bonchev–Trinajstić information content (AvgIpc) is 3.57. The van der Waals surface area contributed by atoms with E-state index in [-0.39, 0.29) is 17.1 Å². The number of halogens is 1. The van der Waals surface area contributed by atoms with Crippen molar-refractivity contribution in [2.75, 3.05) is 37.6 Å². The van der Waals surface area contributed by atoms with Gasteiger partial charge in [0.05, 0.1) is 13.1 Å². The molecule has 0 spiro atoms. The first-order chi connectivity index (χ1) is 15.1. The number of carbonyl (C=O) groups is 1. The Morgan fingerprint density at radius 2 is 1.94 bits per heavy atom. The number of nitrogens with zero attached hydrogens (tertiary/aromatic N) is 2. The monoisotopic (exact) mass is 423 g/mol. The molecule has 0 bridgehead atoms. The number of carbonyl (C=O) groups excluding carboxylic acids is 1. The van der Waals surface area contributed by atoms with Crippen molar-refractivity contribution < 1.29 is 9.18 Å². The molecule has 1 aliphatic carbocycles. The molecule has 2 aromatic carbocycles. The fraction of sp³-hybridized carbons (Fsp3) is 0.417. The third-order valence-electron chi connectivity index (χ3n) is 6.00. The van der Waals surface area contributed by atoms with E-state index in [1.165, 1.54) is 6.07 Å². The molecule has 0 radical (unpaired) electrons. The van der Waals surface area contributed by atoms with E-state index in [4.69, 9.17) is 4.99 Å². The molecule has 2 fully saturated rings. The Kier molecular flexibility index (Phi) is 6.39. The Morgan fingerprint density at radius 3 is 2.61 bits per heavy atom. The van der Waals surface area contributed by atoms with E-state index < -0.39 is 0 Å². The van der Waals surface area contributed by atoms with Gasteiger partial charge in [-0.1, -0.05) is 30.3 Å². The van der Waals surface area contributed by atoms with Crippen LogP contribution in [0, 0.1) is 5.82 Å². The number of piperazine rings is 1. The second-order valence-electron chi connectivity index (χ2n) is 8.25.